The molecule has 2 atom stereocenters. The Balaban J connectivity index is 1.80. The number of likely N-dealkylation sites (N-methyl/N-ethyl adjacent to an activating group) is 1. The van der Waals surface area contributed by atoms with Crippen LogP contribution in [0.4, 0.5) is 0 Å². The van der Waals surface area contributed by atoms with E-state index in [4.69, 9.17) is 4.74 Å². The lowest BCUT2D eigenvalue weighted by Gasteiger charge is -2.40. The Morgan fingerprint density at radius 1 is 1.44 bits per heavy atom. The first-order valence-corrected chi connectivity index (χ1v) is 6.80. The molecule has 1 aliphatic carbocycles. The van der Waals surface area contributed by atoms with Crippen LogP contribution in [0.25, 0.3) is 0 Å². The van der Waals surface area contributed by atoms with E-state index < -0.39 is 0 Å². The summed E-state index contributed by atoms with van der Waals surface area (Å²) in [6.45, 7) is 3.72. The van der Waals surface area contributed by atoms with Crippen molar-refractivity contribution >= 4 is 5.91 Å². The first kappa shape index (κ1) is 13.8. The van der Waals surface area contributed by atoms with Gasteiger partial charge in [0.2, 0.25) is 5.91 Å². The molecule has 0 aromatic carbocycles. The molecule has 0 bridgehead atoms. The fourth-order valence-corrected chi connectivity index (χ4v) is 2.65. The molecule has 2 N–H and O–H groups in total. The van der Waals surface area contributed by atoms with Crippen LogP contribution in [0.2, 0.25) is 0 Å². The van der Waals surface area contributed by atoms with Gasteiger partial charge in [0, 0.05) is 20.1 Å². The van der Waals surface area contributed by atoms with Crippen molar-refractivity contribution in [2.45, 2.75) is 50.4 Å². The topological polar surface area (TPSA) is 61.8 Å². The van der Waals surface area contributed by atoms with Crippen molar-refractivity contribution in [2.75, 3.05) is 26.7 Å². The first-order valence-electron chi connectivity index (χ1n) is 6.80. The van der Waals surface area contributed by atoms with Gasteiger partial charge in [0.15, 0.2) is 0 Å². The Kier molecular flexibility index (Phi) is 4.25. The molecule has 0 spiro atoms. The van der Waals surface area contributed by atoms with E-state index in [1.54, 1.807) is 11.9 Å². The Hall–Kier alpha value is -0.650. The number of hydrogen-bond donors (Lipinski definition) is 2. The molecule has 5 nitrogen and oxygen atoms in total. The molecule has 2 aliphatic rings. The molecule has 18 heavy (non-hydrogen) atoms. The van der Waals surface area contributed by atoms with Gasteiger partial charge in [0.1, 0.15) is 6.61 Å². The van der Waals surface area contributed by atoms with Gasteiger partial charge < -0.3 is 20.1 Å². The molecule has 2 fully saturated rings. The Morgan fingerprint density at radius 3 is 2.67 bits per heavy atom. The normalized spacial score (nSPS) is 30.6. The van der Waals surface area contributed by atoms with E-state index in [1.807, 2.05) is 6.92 Å². The van der Waals surface area contributed by atoms with E-state index in [2.05, 4.69) is 5.32 Å². The molecule has 5 heteroatoms. The van der Waals surface area contributed by atoms with Crippen molar-refractivity contribution in [3.63, 3.8) is 0 Å². The van der Waals surface area contributed by atoms with Crippen LogP contribution in [-0.2, 0) is 9.53 Å². The third kappa shape index (κ3) is 3.02. The van der Waals surface area contributed by atoms with Crippen molar-refractivity contribution in [1.29, 1.82) is 0 Å². The highest BCUT2D eigenvalue weighted by Gasteiger charge is 2.35. The van der Waals surface area contributed by atoms with Gasteiger partial charge in [-0.05, 0) is 19.8 Å². The summed E-state index contributed by atoms with van der Waals surface area (Å²) in [6, 6.07) is -0.0397. The minimum atomic E-state index is -0.381. The Bertz CT molecular complexity index is 305. The van der Waals surface area contributed by atoms with Crippen LogP contribution < -0.4 is 5.32 Å². The SMILES string of the molecule is CN(C(=O)COC1(C)CNC1)C1CCCCC1O. The molecule has 2 unspecified atom stereocenters. The van der Waals surface area contributed by atoms with Gasteiger partial charge in [-0.15, -0.1) is 0 Å². The molecule has 1 aliphatic heterocycles. The van der Waals surface area contributed by atoms with E-state index in [1.165, 1.54) is 0 Å². The van der Waals surface area contributed by atoms with Gasteiger partial charge in [0.25, 0.3) is 0 Å². The molecule has 1 saturated carbocycles. The molecule has 1 heterocycles. The summed E-state index contributed by atoms with van der Waals surface area (Å²) < 4.78 is 5.64. The Morgan fingerprint density at radius 2 is 2.11 bits per heavy atom. The number of aliphatic hydroxyl groups excluding tert-OH is 1. The van der Waals surface area contributed by atoms with Crippen LogP contribution in [-0.4, -0.2) is 60.4 Å². The molecule has 2 rings (SSSR count). The zero-order valence-electron chi connectivity index (χ0n) is 11.3. The van der Waals surface area contributed by atoms with Gasteiger partial charge >= 0.3 is 0 Å². The zero-order chi connectivity index (χ0) is 13.2. The maximum Gasteiger partial charge on any atom is 0.248 e. The fraction of sp³-hybridized carbons (Fsp3) is 0.923. The van der Waals surface area contributed by atoms with Crippen molar-refractivity contribution in [3.8, 4) is 0 Å². The molecule has 1 saturated heterocycles. The summed E-state index contributed by atoms with van der Waals surface area (Å²) in [6.07, 6.45) is 3.45. The smallest absolute Gasteiger partial charge is 0.248 e. The summed E-state index contributed by atoms with van der Waals surface area (Å²) in [7, 11) is 1.77. The van der Waals surface area contributed by atoms with E-state index in [9.17, 15) is 9.90 Å². The van der Waals surface area contributed by atoms with Crippen LogP contribution in [0.15, 0.2) is 0 Å². The average molecular weight is 256 g/mol. The number of rotatable bonds is 4. The van der Waals surface area contributed by atoms with Crippen LogP contribution in [0.3, 0.4) is 0 Å². The molecule has 0 radical (unpaired) electrons. The Labute approximate surface area is 108 Å². The van der Waals surface area contributed by atoms with Crippen molar-refractivity contribution in [2.24, 2.45) is 0 Å². The summed E-state index contributed by atoms with van der Waals surface area (Å²) in [5.41, 5.74) is -0.193. The third-order valence-corrected chi connectivity index (χ3v) is 4.13. The van der Waals surface area contributed by atoms with Crippen molar-refractivity contribution in [3.05, 3.63) is 0 Å². The quantitative estimate of drug-likeness (QED) is 0.750. The van der Waals surface area contributed by atoms with Crippen LogP contribution in [0, 0.1) is 0 Å². The largest absolute Gasteiger partial charge is 0.391 e. The molecule has 1 amide bonds. The number of carbonyl (C=O) groups is 1. The van der Waals surface area contributed by atoms with Crippen LogP contribution in [0.5, 0.6) is 0 Å². The second-order valence-electron chi connectivity index (χ2n) is 5.77. The lowest BCUT2D eigenvalue weighted by atomic mass is 9.91. The molecular formula is C13H24N2O3. The van der Waals surface area contributed by atoms with E-state index >= 15 is 0 Å². The lowest BCUT2D eigenvalue weighted by Crippen LogP contribution is -2.60. The monoisotopic (exact) mass is 256 g/mol. The minimum Gasteiger partial charge on any atom is -0.391 e. The third-order valence-electron chi connectivity index (χ3n) is 4.13. The number of nitrogens with zero attached hydrogens (tertiary/aromatic N) is 1. The zero-order valence-corrected chi connectivity index (χ0v) is 11.3. The summed E-state index contributed by atoms with van der Waals surface area (Å²) >= 11 is 0. The van der Waals surface area contributed by atoms with Crippen molar-refractivity contribution < 1.29 is 14.6 Å². The lowest BCUT2D eigenvalue weighted by molar-refractivity contribution is -0.149. The maximum absolute atomic E-state index is 12.0. The van der Waals surface area contributed by atoms with Gasteiger partial charge in [-0.1, -0.05) is 12.8 Å². The van der Waals surface area contributed by atoms with Gasteiger partial charge in [-0.25, -0.2) is 0 Å². The predicted molar refractivity (Wildman–Crippen MR) is 68.3 cm³/mol. The summed E-state index contributed by atoms with van der Waals surface area (Å²) in [4.78, 5) is 13.7. The van der Waals surface area contributed by atoms with Crippen LogP contribution >= 0.6 is 0 Å². The van der Waals surface area contributed by atoms with Gasteiger partial charge in [-0.3, -0.25) is 4.79 Å². The number of hydrogen-bond acceptors (Lipinski definition) is 4. The average Bonchev–Trinajstić information content (AvgIpc) is 2.33. The first-order chi connectivity index (χ1) is 8.52. The highest BCUT2D eigenvalue weighted by Crippen LogP contribution is 2.23. The van der Waals surface area contributed by atoms with Crippen molar-refractivity contribution in [1.82, 2.24) is 10.2 Å². The molecule has 104 valence electrons. The maximum atomic E-state index is 12.0. The van der Waals surface area contributed by atoms with E-state index in [-0.39, 0.29) is 30.3 Å². The standard InChI is InChI=1S/C13H24N2O3/c1-13(8-14-9-13)18-7-12(17)15(2)10-5-3-4-6-11(10)16/h10-11,14,16H,3-9H2,1-2H3. The predicted octanol–water partition coefficient (Wildman–Crippen LogP) is 0.127. The number of carbonyl (C=O) groups excluding carboxylic acids is 1. The summed E-state index contributed by atoms with van der Waals surface area (Å²) in [5.74, 6) is -0.0333. The molecule has 0 aromatic rings. The van der Waals surface area contributed by atoms with E-state index in [0.29, 0.717) is 0 Å². The molecular weight excluding hydrogens is 232 g/mol. The van der Waals surface area contributed by atoms with Gasteiger partial charge in [-0.2, -0.15) is 0 Å². The fourth-order valence-electron chi connectivity index (χ4n) is 2.65. The second kappa shape index (κ2) is 5.55. The van der Waals surface area contributed by atoms with E-state index in [0.717, 1.165) is 38.8 Å². The number of amides is 1. The van der Waals surface area contributed by atoms with Crippen LogP contribution in [0.1, 0.15) is 32.6 Å². The number of nitrogens with one attached hydrogen (secondary N) is 1. The second-order valence-corrected chi connectivity index (χ2v) is 5.77. The number of aliphatic hydroxyl groups is 1. The highest BCUT2D eigenvalue weighted by molar-refractivity contribution is 5.77. The van der Waals surface area contributed by atoms with Gasteiger partial charge in [0.05, 0.1) is 17.7 Å². The highest BCUT2D eigenvalue weighted by atomic mass is 16.5. The number of ether oxygens (including phenoxy) is 1. The summed E-state index contributed by atoms with van der Waals surface area (Å²) in [5, 5.41) is 13.1. The molecule has 0 aromatic heterocycles. The minimum absolute atomic E-state index is 0.0333.